The SMILES string of the molecule is CCCC(C(=O)N[C@@H](CC(=O)OCC)c1cc(-c2c(C)cccc2C)cc(C)c1F)n1cc(CCN2CC[C@@H](F)C2)cc(F)c1=O. The van der Waals surface area contributed by atoms with Gasteiger partial charge in [-0.2, -0.15) is 0 Å². The third kappa shape index (κ3) is 8.26. The number of ether oxygens (including phenoxy) is 1. The number of hydrogen-bond donors (Lipinski definition) is 1. The Kier molecular flexibility index (Phi) is 11.8. The van der Waals surface area contributed by atoms with Crippen LogP contribution in [-0.4, -0.2) is 53.8 Å². The van der Waals surface area contributed by atoms with E-state index in [1.54, 1.807) is 26.0 Å². The van der Waals surface area contributed by atoms with Gasteiger partial charge in [0.15, 0.2) is 5.82 Å². The Balaban J connectivity index is 1.71. The molecule has 1 aliphatic rings. The van der Waals surface area contributed by atoms with Gasteiger partial charge in [0.1, 0.15) is 18.0 Å². The largest absolute Gasteiger partial charge is 0.466 e. The van der Waals surface area contributed by atoms with E-state index in [-0.39, 0.29) is 25.0 Å². The molecule has 1 saturated heterocycles. The van der Waals surface area contributed by atoms with E-state index in [0.29, 0.717) is 50.0 Å². The average molecular weight is 640 g/mol. The number of benzene rings is 2. The molecular weight excluding hydrogens is 595 g/mol. The molecule has 1 fully saturated rings. The van der Waals surface area contributed by atoms with Crippen LogP contribution < -0.4 is 10.9 Å². The van der Waals surface area contributed by atoms with E-state index in [4.69, 9.17) is 4.74 Å². The summed E-state index contributed by atoms with van der Waals surface area (Å²) in [5.41, 5.74) is 3.63. The Morgan fingerprint density at radius 1 is 1.07 bits per heavy atom. The molecule has 1 aromatic heterocycles. The predicted molar refractivity (Wildman–Crippen MR) is 172 cm³/mol. The molecule has 0 saturated carbocycles. The summed E-state index contributed by atoms with van der Waals surface area (Å²) >= 11 is 0. The number of esters is 1. The maximum atomic E-state index is 15.9. The number of alkyl halides is 1. The number of carbonyl (C=O) groups excluding carboxylic acids is 2. The normalized spacial score (nSPS) is 16.3. The zero-order valence-electron chi connectivity index (χ0n) is 27.3. The van der Waals surface area contributed by atoms with Crippen LogP contribution in [0.15, 0.2) is 47.4 Å². The topological polar surface area (TPSA) is 80.6 Å². The highest BCUT2D eigenvalue weighted by Crippen LogP contribution is 2.33. The van der Waals surface area contributed by atoms with E-state index < -0.39 is 47.3 Å². The molecule has 0 bridgehead atoms. The highest BCUT2D eigenvalue weighted by molar-refractivity contribution is 5.82. The van der Waals surface area contributed by atoms with Crippen molar-refractivity contribution in [2.45, 2.75) is 85.0 Å². The van der Waals surface area contributed by atoms with Crippen LogP contribution in [0.5, 0.6) is 0 Å². The van der Waals surface area contributed by atoms with Gasteiger partial charge in [-0.1, -0.05) is 31.5 Å². The van der Waals surface area contributed by atoms with Gasteiger partial charge in [0, 0.05) is 31.4 Å². The summed E-state index contributed by atoms with van der Waals surface area (Å²) in [6.45, 7) is 10.5. The Morgan fingerprint density at radius 2 is 1.78 bits per heavy atom. The first-order valence-electron chi connectivity index (χ1n) is 16.0. The van der Waals surface area contributed by atoms with Crippen molar-refractivity contribution in [3.63, 3.8) is 0 Å². The zero-order chi connectivity index (χ0) is 33.5. The van der Waals surface area contributed by atoms with Crippen molar-refractivity contribution >= 4 is 11.9 Å². The van der Waals surface area contributed by atoms with Crippen LogP contribution in [0.4, 0.5) is 13.2 Å². The van der Waals surface area contributed by atoms with Gasteiger partial charge < -0.3 is 19.5 Å². The van der Waals surface area contributed by atoms with Crippen LogP contribution in [0.25, 0.3) is 11.1 Å². The summed E-state index contributed by atoms with van der Waals surface area (Å²) in [7, 11) is 0. The molecule has 4 rings (SSSR count). The number of rotatable bonds is 13. The van der Waals surface area contributed by atoms with Gasteiger partial charge in [0.2, 0.25) is 5.91 Å². The number of aryl methyl sites for hydroxylation is 3. The number of amides is 1. The first kappa shape index (κ1) is 34.9. The number of halogens is 3. The molecular formula is C36H44F3N3O4. The lowest BCUT2D eigenvalue weighted by Gasteiger charge is -2.26. The van der Waals surface area contributed by atoms with E-state index in [1.165, 1.54) is 6.20 Å². The van der Waals surface area contributed by atoms with Crippen molar-refractivity contribution in [2.24, 2.45) is 0 Å². The molecule has 0 aliphatic carbocycles. The first-order chi connectivity index (χ1) is 21.9. The minimum atomic E-state index is -1.12. The summed E-state index contributed by atoms with van der Waals surface area (Å²) < 4.78 is 50.8. The number of hydrogen-bond acceptors (Lipinski definition) is 5. The van der Waals surface area contributed by atoms with Gasteiger partial charge in [-0.3, -0.25) is 14.4 Å². The maximum Gasteiger partial charge on any atom is 0.308 e. The summed E-state index contributed by atoms with van der Waals surface area (Å²) in [5, 5.41) is 2.82. The number of pyridine rings is 1. The number of nitrogens with zero attached hydrogens (tertiary/aromatic N) is 2. The van der Waals surface area contributed by atoms with Crippen molar-refractivity contribution in [2.75, 3.05) is 26.2 Å². The fourth-order valence-corrected chi connectivity index (χ4v) is 6.29. The smallest absolute Gasteiger partial charge is 0.308 e. The van der Waals surface area contributed by atoms with Crippen molar-refractivity contribution in [3.8, 4) is 11.1 Å². The van der Waals surface area contributed by atoms with Crippen LogP contribution in [0.3, 0.4) is 0 Å². The molecule has 3 atom stereocenters. The van der Waals surface area contributed by atoms with Crippen molar-refractivity contribution in [3.05, 3.63) is 92.4 Å². The summed E-state index contributed by atoms with van der Waals surface area (Å²) in [6.07, 6.45) is 1.74. The molecule has 46 heavy (non-hydrogen) atoms. The standard InChI is InChI=1S/C36H44F3N3O4/c1-6-9-31(42-20-25(17-29(38)36(42)45)12-14-41-15-13-27(37)21-41)35(44)40-30(19-32(43)46-7-2)28-18-26(16-24(5)34(28)39)33-22(3)10-8-11-23(33)4/h8,10-11,16-18,20,27,30-31H,6-7,9,12-15,19,21H2,1-5H3,(H,40,44)/t27-,30+,31?/m1/s1. The Hall–Kier alpha value is -3.92. The summed E-state index contributed by atoms with van der Waals surface area (Å²) in [5.74, 6) is -2.84. The number of nitrogens with one attached hydrogen (secondary N) is 1. The monoisotopic (exact) mass is 639 g/mol. The zero-order valence-corrected chi connectivity index (χ0v) is 27.3. The first-order valence-corrected chi connectivity index (χ1v) is 16.0. The maximum absolute atomic E-state index is 15.9. The Morgan fingerprint density at radius 3 is 2.41 bits per heavy atom. The highest BCUT2D eigenvalue weighted by Gasteiger charge is 2.30. The fraction of sp³-hybridized carbons (Fsp3) is 0.472. The second-order valence-corrected chi connectivity index (χ2v) is 12.2. The molecule has 1 N–H and O–H groups in total. The van der Waals surface area contributed by atoms with Crippen LogP contribution in [-0.2, 0) is 20.7 Å². The van der Waals surface area contributed by atoms with Crippen LogP contribution in [0, 0.1) is 32.4 Å². The van der Waals surface area contributed by atoms with E-state index in [0.717, 1.165) is 32.9 Å². The van der Waals surface area contributed by atoms with Crippen molar-refractivity contribution < 1.29 is 27.5 Å². The van der Waals surface area contributed by atoms with Crippen LogP contribution >= 0.6 is 0 Å². The lowest BCUT2D eigenvalue weighted by Crippen LogP contribution is -2.40. The Labute approximate surface area is 268 Å². The van der Waals surface area contributed by atoms with E-state index in [2.05, 4.69) is 5.32 Å². The van der Waals surface area contributed by atoms with Gasteiger partial charge in [-0.05, 0) is 98.5 Å². The molecule has 0 radical (unpaired) electrons. The summed E-state index contributed by atoms with van der Waals surface area (Å²) in [4.78, 5) is 41.7. The fourth-order valence-electron chi connectivity index (χ4n) is 6.29. The van der Waals surface area contributed by atoms with Crippen LogP contribution in [0.2, 0.25) is 0 Å². The number of carbonyl (C=O) groups is 2. The molecule has 3 aromatic rings. The molecule has 2 heterocycles. The lowest BCUT2D eigenvalue weighted by molar-refractivity contribution is -0.144. The molecule has 0 spiro atoms. The van der Waals surface area contributed by atoms with E-state index in [9.17, 15) is 23.2 Å². The van der Waals surface area contributed by atoms with Gasteiger partial charge >= 0.3 is 5.97 Å². The minimum Gasteiger partial charge on any atom is -0.466 e. The van der Waals surface area contributed by atoms with Crippen molar-refractivity contribution in [1.82, 2.24) is 14.8 Å². The molecule has 10 heteroatoms. The second-order valence-electron chi connectivity index (χ2n) is 12.2. The third-order valence-electron chi connectivity index (χ3n) is 8.61. The molecule has 248 valence electrons. The summed E-state index contributed by atoms with van der Waals surface area (Å²) in [6, 6.07) is 8.15. The quantitative estimate of drug-likeness (QED) is 0.217. The number of likely N-dealkylation sites (tertiary alicyclic amines) is 1. The molecule has 7 nitrogen and oxygen atoms in total. The number of aromatic nitrogens is 1. The van der Waals surface area contributed by atoms with Crippen molar-refractivity contribution in [1.29, 1.82) is 0 Å². The average Bonchev–Trinajstić information content (AvgIpc) is 3.42. The third-order valence-corrected chi connectivity index (χ3v) is 8.61. The minimum absolute atomic E-state index is 0.104. The second kappa shape index (κ2) is 15.6. The molecule has 2 aromatic carbocycles. The van der Waals surface area contributed by atoms with E-state index in [1.807, 2.05) is 43.9 Å². The Bertz CT molecular complexity index is 1600. The van der Waals surface area contributed by atoms with Gasteiger partial charge in [0.05, 0.1) is 19.1 Å². The highest BCUT2D eigenvalue weighted by atomic mass is 19.1. The predicted octanol–water partition coefficient (Wildman–Crippen LogP) is 6.46. The van der Waals surface area contributed by atoms with Crippen LogP contribution in [0.1, 0.15) is 79.4 Å². The van der Waals surface area contributed by atoms with Gasteiger partial charge in [0.25, 0.3) is 5.56 Å². The lowest BCUT2D eigenvalue weighted by atomic mass is 9.90. The molecule has 1 unspecified atom stereocenters. The molecule has 1 aliphatic heterocycles. The van der Waals surface area contributed by atoms with E-state index >= 15 is 4.39 Å². The van der Waals surface area contributed by atoms with Gasteiger partial charge in [-0.15, -0.1) is 0 Å². The molecule has 1 amide bonds. The van der Waals surface area contributed by atoms with Gasteiger partial charge in [-0.25, -0.2) is 13.2 Å².